The number of nitriles is 1. The number of carbonyl (C=O) groups is 1. The molecule has 0 radical (unpaired) electrons. The number of nitrogens with one attached hydrogen (secondary N) is 2. The molecule has 0 aromatic carbocycles. The number of hydrogen-bond donors (Lipinski definition) is 2. The molecule has 0 bridgehead atoms. The molecule has 2 N–H and O–H groups in total. The molecule has 1 amide bonds. The van der Waals surface area contributed by atoms with Crippen molar-refractivity contribution >= 4 is 17.5 Å². The Labute approximate surface area is 176 Å². The second-order valence-electron chi connectivity index (χ2n) is 8.32. The maximum Gasteiger partial charge on any atom is 0.230 e. The maximum atomic E-state index is 11.2. The van der Waals surface area contributed by atoms with E-state index in [2.05, 4.69) is 31.8 Å². The maximum absolute atomic E-state index is 11.2. The highest BCUT2D eigenvalue weighted by molar-refractivity contribution is 5.73. The number of aryl methyl sites for hydroxylation is 1. The van der Waals surface area contributed by atoms with E-state index in [0.717, 1.165) is 37.1 Å². The lowest BCUT2D eigenvalue weighted by Gasteiger charge is -2.28. The Kier molecular flexibility index (Phi) is 6.55. The van der Waals surface area contributed by atoms with Crippen LogP contribution in [0.2, 0.25) is 0 Å². The van der Waals surface area contributed by atoms with Gasteiger partial charge in [-0.05, 0) is 52.4 Å². The summed E-state index contributed by atoms with van der Waals surface area (Å²) < 4.78 is 7.53. The summed E-state index contributed by atoms with van der Waals surface area (Å²) in [4.78, 5) is 19.9. The first-order chi connectivity index (χ1) is 14.3. The molecule has 0 aliphatic heterocycles. The van der Waals surface area contributed by atoms with Gasteiger partial charge in [-0.2, -0.15) is 15.3 Å². The molecule has 160 valence electrons. The van der Waals surface area contributed by atoms with Crippen LogP contribution in [0.25, 0.3) is 0 Å². The Bertz CT molecular complexity index is 924. The molecule has 1 saturated carbocycles. The van der Waals surface area contributed by atoms with Crippen LogP contribution >= 0.6 is 0 Å². The van der Waals surface area contributed by atoms with Gasteiger partial charge in [0.2, 0.25) is 17.7 Å². The molecule has 2 aromatic rings. The standard InChI is InChI=1S/C21H29N7O2/c1-14-18(11-28(27-14)21(3,4)13-22)25-20-23-10-9-19(26-20)30-12-16-5-7-17(8-6-16)24-15(2)29/h9-11,16-17H,5-8,12H2,1-4H3,(H,24,29)(H,23,25,26). The van der Waals surface area contributed by atoms with Crippen molar-refractivity contribution in [2.75, 3.05) is 11.9 Å². The molecule has 0 saturated heterocycles. The Balaban J connectivity index is 1.56. The normalized spacial score (nSPS) is 19.0. The number of carbonyl (C=O) groups excluding carboxylic acids is 1. The topological polar surface area (TPSA) is 118 Å². The molecular weight excluding hydrogens is 382 g/mol. The fourth-order valence-corrected chi connectivity index (χ4v) is 3.49. The lowest BCUT2D eigenvalue weighted by Crippen LogP contribution is -2.37. The van der Waals surface area contributed by atoms with Crippen LogP contribution in [0.1, 0.15) is 52.1 Å². The zero-order valence-electron chi connectivity index (χ0n) is 18.0. The van der Waals surface area contributed by atoms with E-state index in [9.17, 15) is 10.1 Å². The van der Waals surface area contributed by atoms with Gasteiger partial charge < -0.3 is 15.4 Å². The molecule has 3 rings (SSSR count). The molecule has 1 fully saturated rings. The van der Waals surface area contributed by atoms with Crippen LogP contribution < -0.4 is 15.4 Å². The molecule has 2 aromatic heterocycles. The third-order valence-electron chi connectivity index (χ3n) is 5.34. The summed E-state index contributed by atoms with van der Waals surface area (Å²) in [5.74, 6) is 1.42. The second-order valence-corrected chi connectivity index (χ2v) is 8.32. The fourth-order valence-electron chi connectivity index (χ4n) is 3.49. The highest BCUT2D eigenvalue weighted by Gasteiger charge is 2.23. The number of aromatic nitrogens is 4. The Morgan fingerprint density at radius 2 is 2.10 bits per heavy atom. The van der Waals surface area contributed by atoms with Gasteiger partial charge in [0.15, 0.2) is 0 Å². The number of hydrogen-bond acceptors (Lipinski definition) is 7. The summed E-state index contributed by atoms with van der Waals surface area (Å²) in [6.07, 6.45) is 7.43. The van der Waals surface area contributed by atoms with Crippen molar-refractivity contribution in [2.45, 2.75) is 65.0 Å². The Hall–Kier alpha value is -3.15. The van der Waals surface area contributed by atoms with Crippen molar-refractivity contribution < 1.29 is 9.53 Å². The summed E-state index contributed by atoms with van der Waals surface area (Å²) in [6.45, 7) is 7.63. The highest BCUT2D eigenvalue weighted by atomic mass is 16.5. The number of amides is 1. The molecule has 30 heavy (non-hydrogen) atoms. The molecule has 1 aliphatic rings. The van der Waals surface area contributed by atoms with Gasteiger partial charge in [-0.3, -0.25) is 9.48 Å². The van der Waals surface area contributed by atoms with Gasteiger partial charge in [0.05, 0.1) is 30.3 Å². The Morgan fingerprint density at radius 1 is 1.37 bits per heavy atom. The quantitative estimate of drug-likeness (QED) is 0.719. The lowest BCUT2D eigenvalue weighted by molar-refractivity contribution is -0.119. The van der Waals surface area contributed by atoms with Crippen LogP contribution in [-0.2, 0) is 10.3 Å². The number of rotatable bonds is 7. The van der Waals surface area contributed by atoms with Crippen molar-refractivity contribution in [1.29, 1.82) is 5.26 Å². The van der Waals surface area contributed by atoms with Gasteiger partial charge in [0.25, 0.3) is 0 Å². The first kappa shape index (κ1) is 21.6. The molecule has 9 heteroatoms. The van der Waals surface area contributed by atoms with E-state index < -0.39 is 5.54 Å². The van der Waals surface area contributed by atoms with Crippen molar-refractivity contribution in [3.05, 3.63) is 24.2 Å². The summed E-state index contributed by atoms with van der Waals surface area (Å²) in [5, 5.41) is 19.9. The number of anilines is 2. The van der Waals surface area contributed by atoms with Crippen LogP contribution in [0, 0.1) is 24.2 Å². The van der Waals surface area contributed by atoms with Gasteiger partial charge in [0.1, 0.15) is 5.54 Å². The zero-order valence-corrected chi connectivity index (χ0v) is 18.0. The first-order valence-electron chi connectivity index (χ1n) is 10.2. The third-order valence-corrected chi connectivity index (χ3v) is 5.34. The largest absolute Gasteiger partial charge is 0.477 e. The number of ether oxygens (including phenoxy) is 1. The van der Waals surface area contributed by atoms with Crippen molar-refractivity contribution in [1.82, 2.24) is 25.1 Å². The van der Waals surface area contributed by atoms with Gasteiger partial charge in [-0.25, -0.2) is 4.98 Å². The van der Waals surface area contributed by atoms with Crippen molar-refractivity contribution in [3.63, 3.8) is 0 Å². The summed E-state index contributed by atoms with van der Waals surface area (Å²) in [6, 6.07) is 4.25. The predicted molar refractivity (Wildman–Crippen MR) is 112 cm³/mol. The van der Waals surface area contributed by atoms with E-state index in [4.69, 9.17) is 4.74 Å². The molecule has 0 spiro atoms. The van der Waals surface area contributed by atoms with E-state index in [1.54, 1.807) is 43.9 Å². The van der Waals surface area contributed by atoms with Crippen LogP contribution in [-0.4, -0.2) is 38.3 Å². The van der Waals surface area contributed by atoms with E-state index in [0.29, 0.717) is 24.4 Å². The smallest absolute Gasteiger partial charge is 0.230 e. The van der Waals surface area contributed by atoms with E-state index in [1.165, 1.54) is 0 Å². The predicted octanol–water partition coefficient (Wildman–Crippen LogP) is 3.06. The molecule has 0 unspecified atom stereocenters. The summed E-state index contributed by atoms with van der Waals surface area (Å²) >= 11 is 0. The van der Waals surface area contributed by atoms with Crippen LogP contribution in [0.4, 0.5) is 11.6 Å². The monoisotopic (exact) mass is 411 g/mol. The van der Waals surface area contributed by atoms with Gasteiger partial charge in [0, 0.05) is 25.2 Å². The summed E-state index contributed by atoms with van der Waals surface area (Å²) in [5.41, 5.74) is 0.756. The van der Waals surface area contributed by atoms with E-state index in [-0.39, 0.29) is 11.9 Å². The molecule has 1 aliphatic carbocycles. The minimum Gasteiger partial charge on any atom is -0.477 e. The lowest BCUT2D eigenvalue weighted by atomic mass is 9.86. The average molecular weight is 412 g/mol. The minimum absolute atomic E-state index is 0.0349. The molecule has 2 heterocycles. The Morgan fingerprint density at radius 3 is 2.77 bits per heavy atom. The highest BCUT2D eigenvalue weighted by Crippen LogP contribution is 2.26. The van der Waals surface area contributed by atoms with Crippen molar-refractivity contribution in [3.8, 4) is 11.9 Å². The van der Waals surface area contributed by atoms with Gasteiger partial charge in [-0.15, -0.1) is 0 Å². The van der Waals surface area contributed by atoms with Gasteiger partial charge in [-0.1, -0.05) is 0 Å². The number of nitrogens with zero attached hydrogens (tertiary/aromatic N) is 5. The molecule has 0 atom stereocenters. The van der Waals surface area contributed by atoms with Crippen molar-refractivity contribution in [2.24, 2.45) is 5.92 Å². The van der Waals surface area contributed by atoms with Crippen LogP contribution in [0.5, 0.6) is 5.88 Å². The van der Waals surface area contributed by atoms with E-state index in [1.807, 2.05) is 6.92 Å². The SMILES string of the molecule is CC(=O)NC1CCC(COc2ccnc(Nc3cn(C(C)(C)C#N)nc3C)n2)CC1. The molecule has 9 nitrogen and oxygen atoms in total. The summed E-state index contributed by atoms with van der Waals surface area (Å²) in [7, 11) is 0. The zero-order chi connectivity index (χ0) is 21.7. The average Bonchev–Trinajstić information content (AvgIpc) is 3.08. The molecular formula is C21H29N7O2. The third kappa shape index (κ3) is 5.47. The van der Waals surface area contributed by atoms with Crippen LogP contribution in [0.15, 0.2) is 18.5 Å². The first-order valence-corrected chi connectivity index (χ1v) is 10.2. The second kappa shape index (κ2) is 9.11. The van der Waals surface area contributed by atoms with Gasteiger partial charge >= 0.3 is 0 Å². The van der Waals surface area contributed by atoms with E-state index >= 15 is 0 Å². The fraction of sp³-hybridized carbons (Fsp3) is 0.571. The minimum atomic E-state index is -0.741. The van der Waals surface area contributed by atoms with Crippen LogP contribution in [0.3, 0.4) is 0 Å².